The van der Waals surface area contributed by atoms with Crippen LogP contribution in [0.15, 0.2) is 6.07 Å². The minimum atomic E-state index is -4.51. The summed E-state index contributed by atoms with van der Waals surface area (Å²) in [5.74, 6) is -0.131. The van der Waals surface area contributed by atoms with Crippen molar-refractivity contribution in [2.45, 2.75) is 25.1 Å². The van der Waals surface area contributed by atoms with Crippen molar-refractivity contribution >= 4 is 5.95 Å². The van der Waals surface area contributed by atoms with Gasteiger partial charge in [0.25, 0.3) is 0 Å². The molecule has 8 heteroatoms. The number of likely N-dealkylation sites (tertiary alicyclic amines) is 1. The van der Waals surface area contributed by atoms with Gasteiger partial charge in [-0.2, -0.15) is 18.2 Å². The molecular formula is C12H17F3N4O. The highest BCUT2D eigenvalue weighted by atomic mass is 19.4. The maximum absolute atomic E-state index is 12.7. The predicted octanol–water partition coefficient (Wildman–Crippen LogP) is 2.01. The Labute approximate surface area is 115 Å². The SMILES string of the molecule is CNc1nc(OC2CCN(C)CC2)cc(C(F)(F)F)n1. The van der Waals surface area contributed by atoms with E-state index in [1.165, 1.54) is 7.05 Å². The Bertz CT molecular complexity index is 459. The Kier molecular flexibility index (Phi) is 4.32. The van der Waals surface area contributed by atoms with Gasteiger partial charge in [0.05, 0.1) is 0 Å². The number of nitrogens with zero attached hydrogens (tertiary/aromatic N) is 3. The molecule has 1 aromatic rings. The first-order chi connectivity index (χ1) is 9.38. The van der Waals surface area contributed by atoms with E-state index in [1.54, 1.807) is 0 Å². The van der Waals surface area contributed by atoms with Gasteiger partial charge < -0.3 is 15.0 Å². The van der Waals surface area contributed by atoms with Crippen molar-refractivity contribution in [2.24, 2.45) is 0 Å². The average molecular weight is 290 g/mol. The number of anilines is 1. The first kappa shape index (κ1) is 14.8. The number of halogens is 3. The quantitative estimate of drug-likeness (QED) is 0.923. The molecule has 0 radical (unpaired) electrons. The lowest BCUT2D eigenvalue weighted by molar-refractivity contribution is -0.141. The van der Waals surface area contributed by atoms with Crippen LogP contribution in [0.4, 0.5) is 19.1 Å². The number of hydrogen-bond acceptors (Lipinski definition) is 5. The lowest BCUT2D eigenvalue weighted by Gasteiger charge is -2.29. The molecule has 1 aliphatic rings. The minimum Gasteiger partial charge on any atom is -0.474 e. The van der Waals surface area contributed by atoms with Gasteiger partial charge in [-0.3, -0.25) is 0 Å². The van der Waals surface area contributed by atoms with E-state index in [4.69, 9.17) is 4.74 Å². The van der Waals surface area contributed by atoms with Crippen molar-refractivity contribution in [1.29, 1.82) is 0 Å². The van der Waals surface area contributed by atoms with Gasteiger partial charge in [-0.1, -0.05) is 0 Å². The maximum atomic E-state index is 12.7. The van der Waals surface area contributed by atoms with E-state index >= 15 is 0 Å². The molecule has 0 aliphatic carbocycles. The van der Waals surface area contributed by atoms with Crippen LogP contribution in [0.5, 0.6) is 5.88 Å². The van der Waals surface area contributed by atoms with Crippen molar-refractivity contribution in [3.05, 3.63) is 11.8 Å². The summed E-state index contributed by atoms with van der Waals surface area (Å²) in [5, 5.41) is 2.51. The summed E-state index contributed by atoms with van der Waals surface area (Å²) in [5.41, 5.74) is -1.00. The zero-order valence-corrected chi connectivity index (χ0v) is 11.4. The second kappa shape index (κ2) is 5.82. The normalized spacial score (nSPS) is 18.1. The molecule has 0 saturated carbocycles. The van der Waals surface area contributed by atoms with Crippen LogP contribution in [0.1, 0.15) is 18.5 Å². The van der Waals surface area contributed by atoms with E-state index in [0.717, 1.165) is 32.0 Å². The average Bonchev–Trinajstić information content (AvgIpc) is 2.40. The molecule has 112 valence electrons. The largest absolute Gasteiger partial charge is 0.474 e. The molecule has 5 nitrogen and oxygen atoms in total. The van der Waals surface area contributed by atoms with E-state index < -0.39 is 11.9 Å². The second-order valence-electron chi connectivity index (χ2n) is 4.78. The third-order valence-corrected chi connectivity index (χ3v) is 3.17. The zero-order chi connectivity index (χ0) is 14.8. The van der Waals surface area contributed by atoms with E-state index in [0.29, 0.717) is 0 Å². The van der Waals surface area contributed by atoms with Crippen molar-refractivity contribution in [2.75, 3.05) is 32.5 Å². The molecule has 0 unspecified atom stereocenters. The fourth-order valence-corrected chi connectivity index (χ4v) is 2.02. The number of piperidine rings is 1. The van der Waals surface area contributed by atoms with Crippen LogP contribution in [0.3, 0.4) is 0 Å². The number of ether oxygens (including phenoxy) is 1. The van der Waals surface area contributed by atoms with Crippen molar-refractivity contribution in [3.63, 3.8) is 0 Å². The highest BCUT2D eigenvalue weighted by Crippen LogP contribution is 2.30. The molecule has 1 aliphatic heterocycles. The van der Waals surface area contributed by atoms with Crippen molar-refractivity contribution < 1.29 is 17.9 Å². The molecule has 0 aromatic carbocycles. The molecule has 0 bridgehead atoms. The molecule has 1 aromatic heterocycles. The van der Waals surface area contributed by atoms with E-state index in [9.17, 15) is 13.2 Å². The standard InChI is InChI=1S/C12H17F3N4O/c1-16-11-17-9(12(13,14)15)7-10(18-11)20-8-3-5-19(2)6-4-8/h7-8H,3-6H2,1-2H3,(H,16,17,18). The lowest BCUT2D eigenvalue weighted by Crippen LogP contribution is -2.35. The molecule has 0 atom stereocenters. The summed E-state index contributed by atoms with van der Waals surface area (Å²) in [6.45, 7) is 1.72. The van der Waals surface area contributed by atoms with Crippen molar-refractivity contribution in [3.8, 4) is 5.88 Å². The Balaban J connectivity index is 2.14. The third kappa shape index (κ3) is 3.72. The predicted molar refractivity (Wildman–Crippen MR) is 67.7 cm³/mol. The number of aromatic nitrogens is 2. The van der Waals surface area contributed by atoms with Crippen LogP contribution in [0.2, 0.25) is 0 Å². The highest BCUT2D eigenvalue weighted by Gasteiger charge is 2.34. The number of alkyl halides is 3. The zero-order valence-electron chi connectivity index (χ0n) is 11.4. The van der Waals surface area contributed by atoms with Crippen LogP contribution in [-0.4, -0.2) is 48.2 Å². The summed E-state index contributed by atoms with van der Waals surface area (Å²) in [7, 11) is 3.47. The van der Waals surface area contributed by atoms with Crippen molar-refractivity contribution in [1.82, 2.24) is 14.9 Å². The summed E-state index contributed by atoms with van der Waals surface area (Å²) in [6.07, 6.45) is -3.07. The minimum absolute atomic E-state index is 0.0359. The van der Waals surface area contributed by atoms with Crippen LogP contribution in [0.25, 0.3) is 0 Å². The number of hydrogen-bond donors (Lipinski definition) is 1. The number of nitrogens with one attached hydrogen (secondary N) is 1. The van der Waals surface area contributed by atoms with Gasteiger partial charge in [-0.05, 0) is 19.9 Å². The highest BCUT2D eigenvalue weighted by molar-refractivity contribution is 5.31. The first-order valence-corrected chi connectivity index (χ1v) is 6.37. The molecule has 0 amide bonds. The summed E-state index contributed by atoms with van der Waals surface area (Å²) >= 11 is 0. The van der Waals surface area contributed by atoms with Gasteiger partial charge in [0, 0.05) is 26.2 Å². The molecule has 1 fully saturated rings. The summed E-state index contributed by atoms with van der Waals surface area (Å²) in [6, 6.07) is 0.846. The fourth-order valence-electron chi connectivity index (χ4n) is 2.02. The Morgan fingerprint density at radius 1 is 1.30 bits per heavy atom. The number of rotatable bonds is 3. The fraction of sp³-hybridized carbons (Fsp3) is 0.667. The van der Waals surface area contributed by atoms with E-state index in [2.05, 4.69) is 20.2 Å². The van der Waals surface area contributed by atoms with Gasteiger partial charge in [0.2, 0.25) is 11.8 Å². The van der Waals surface area contributed by atoms with Gasteiger partial charge in [-0.25, -0.2) is 4.98 Å². The third-order valence-electron chi connectivity index (χ3n) is 3.17. The lowest BCUT2D eigenvalue weighted by atomic mass is 10.1. The van der Waals surface area contributed by atoms with Gasteiger partial charge in [0.15, 0.2) is 5.69 Å². The second-order valence-corrected chi connectivity index (χ2v) is 4.78. The van der Waals surface area contributed by atoms with Crippen LogP contribution >= 0.6 is 0 Å². The van der Waals surface area contributed by atoms with Gasteiger partial charge >= 0.3 is 6.18 Å². The Morgan fingerprint density at radius 3 is 2.50 bits per heavy atom. The monoisotopic (exact) mass is 290 g/mol. The molecule has 0 spiro atoms. The summed E-state index contributed by atoms with van der Waals surface area (Å²) in [4.78, 5) is 9.47. The Hall–Kier alpha value is -1.57. The summed E-state index contributed by atoms with van der Waals surface area (Å²) < 4.78 is 43.8. The van der Waals surface area contributed by atoms with Crippen LogP contribution in [0, 0.1) is 0 Å². The smallest absolute Gasteiger partial charge is 0.433 e. The first-order valence-electron chi connectivity index (χ1n) is 6.37. The molecule has 2 rings (SSSR count). The molecule has 20 heavy (non-hydrogen) atoms. The van der Waals surface area contributed by atoms with Crippen LogP contribution < -0.4 is 10.1 Å². The van der Waals surface area contributed by atoms with E-state index in [-0.39, 0.29) is 17.9 Å². The van der Waals surface area contributed by atoms with Crippen LogP contribution in [-0.2, 0) is 6.18 Å². The molecule has 1 N–H and O–H groups in total. The molecular weight excluding hydrogens is 273 g/mol. The van der Waals surface area contributed by atoms with E-state index in [1.807, 2.05) is 7.05 Å². The van der Waals surface area contributed by atoms with Gasteiger partial charge in [0.1, 0.15) is 6.10 Å². The molecule has 1 saturated heterocycles. The van der Waals surface area contributed by atoms with Gasteiger partial charge in [-0.15, -0.1) is 0 Å². The maximum Gasteiger partial charge on any atom is 0.433 e. The molecule has 2 heterocycles. The Morgan fingerprint density at radius 2 is 1.95 bits per heavy atom. The topological polar surface area (TPSA) is 50.3 Å².